The number of aliphatic hydroxyl groups excluding tert-OH is 6. The van der Waals surface area contributed by atoms with E-state index in [1.807, 2.05) is 19.9 Å². The number of aliphatic carboxylic acids is 1. The summed E-state index contributed by atoms with van der Waals surface area (Å²) in [7, 11) is 0. The number of hydrogen-bond acceptors (Lipinski definition) is 22. The van der Waals surface area contributed by atoms with Crippen molar-refractivity contribution in [2.24, 2.45) is 5.92 Å². The number of nitrogens with one attached hydrogen (secondary N) is 3. The van der Waals surface area contributed by atoms with E-state index in [9.17, 15) is 76.0 Å². The van der Waals surface area contributed by atoms with Crippen LogP contribution in [0.1, 0.15) is 80.7 Å². The number of H-pyrrole nitrogens is 1. The molecule has 8 aliphatic rings. The summed E-state index contributed by atoms with van der Waals surface area (Å²) in [6, 6.07) is 6.26. The molecule has 428 valence electrons. The number of carboxylic acids is 1. The highest BCUT2D eigenvalue weighted by Crippen LogP contribution is 2.58. The van der Waals surface area contributed by atoms with Gasteiger partial charge in [-0.3, -0.25) is 10.1 Å². The Labute approximate surface area is 459 Å². The number of phenols is 3. The molecule has 1 aliphatic carbocycles. The molecule has 24 heteroatoms. The Morgan fingerprint density at radius 2 is 1.68 bits per heavy atom. The first-order valence-electron chi connectivity index (χ1n) is 26.3. The van der Waals surface area contributed by atoms with Gasteiger partial charge in [-0.2, -0.15) is 0 Å². The van der Waals surface area contributed by atoms with Crippen LogP contribution in [-0.2, 0) is 36.6 Å². The van der Waals surface area contributed by atoms with Crippen LogP contribution in [0.2, 0.25) is 0 Å². The van der Waals surface area contributed by atoms with Crippen molar-refractivity contribution in [2.75, 3.05) is 19.8 Å². The van der Waals surface area contributed by atoms with Crippen LogP contribution in [0.4, 0.5) is 0 Å². The number of aliphatic hydroxyl groups is 9. The minimum absolute atomic E-state index is 0.000504. The van der Waals surface area contributed by atoms with Crippen molar-refractivity contribution in [3.63, 3.8) is 0 Å². The number of esters is 1. The van der Waals surface area contributed by atoms with Gasteiger partial charge in [-0.1, -0.05) is 43.8 Å². The predicted molar refractivity (Wildman–Crippen MR) is 277 cm³/mol. The zero-order valence-electron chi connectivity index (χ0n) is 43.5. The van der Waals surface area contributed by atoms with E-state index in [2.05, 4.69) is 39.3 Å². The number of phenolic OH excluding ortho intramolecular Hbond substituents is 3. The molecule has 3 saturated heterocycles. The van der Waals surface area contributed by atoms with Gasteiger partial charge in [0.25, 0.3) is 11.4 Å². The van der Waals surface area contributed by atoms with Crippen LogP contribution in [0.3, 0.4) is 0 Å². The van der Waals surface area contributed by atoms with Crippen molar-refractivity contribution >= 4 is 22.9 Å². The lowest BCUT2D eigenvalue weighted by molar-refractivity contribution is -0.432. The van der Waals surface area contributed by atoms with E-state index in [0.29, 0.717) is 35.5 Å². The first-order valence-corrected chi connectivity index (χ1v) is 26.3. The van der Waals surface area contributed by atoms with E-state index in [1.165, 1.54) is 18.2 Å². The molecule has 24 nitrogen and oxygen atoms in total. The molecule has 9 heterocycles. The van der Waals surface area contributed by atoms with Crippen molar-refractivity contribution < 1.29 is 99.3 Å². The van der Waals surface area contributed by atoms with E-state index in [1.54, 1.807) is 12.3 Å². The number of rotatable bonds is 9. The minimum Gasteiger partial charge on any atom is -0.507 e. The van der Waals surface area contributed by atoms with Crippen LogP contribution in [0, 0.1) is 29.6 Å². The number of piperidine rings is 1. The standard InChI is InChI=1S/C57H59N3O21/c1-3-34-32(23-31-26(2)8-15-59-49(31)60-34)33-21-30-22-35-27(9-16-58-35)7-4-11-52(74)45(67)47(69)56(30,78-40-25-39-42(44(66)41(33)40)36(63)24-38(77-39)29-19-28(10-18-62)43(65)37(64)20-29)81-54(52)13-5-12-53(50(71)72)57(75,76)48(70)46(68)55(80-53,14-6-17-61)79-51(54)73/h9,16,19-21,23-26,33,45-49,58-62,64-70,74-76H,3,6,8,10-11,13-15,17-18,22H2,1-2H3,(H,71,72). The Morgan fingerprint density at radius 1 is 0.901 bits per heavy atom. The lowest BCUT2D eigenvalue weighted by Gasteiger charge is -2.58. The first-order chi connectivity index (χ1) is 38.5. The van der Waals surface area contributed by atoms with E-state index < -0.39 is 155 Å². The van der Waals surface area contributed by atoms with Gasteiger partial charge in [0, 0.05) is 95.9 Å². The van der Waals surface area contributed by atoms with Crippen molar-refractivity contribution in [1.82, 2.24) is 15.6 Å². The molecule has 0 radical (unpaired) electrons. The molecule has 7 aliphatic heterocycles. The lowest BCUT2D eigenvalue weighted by atomic mass is 9.67. The summed E-state index contributed by atoms with van der Waals surface area (Å²) >= 11 is 0. The third-order valence-corrected chi connectivity index (χ3v) is 16.9. The zero-order valence-corrected chi connectivity index (χ0v) is 43.5. The van der Waals surface area contributed by atoms with Crippen molar-refractivity contribution in [1.29, 1.82) is 0 Å². The van der Waals surface area contributed by atoms with Crippen LogP contribution >= 0.6 is 0 Å². The van der Waals surface area contributed by atoms with Crippen molar-refractivity contribution in [2.45, 2.75) is 136 Å². The maximum absolute atomic E-state index is 15.9. The minimum atomic E-state index is -3.99. The number of aromatic amines is 1. The second kappa shape index (κ2) is 19.7. The molecule has 0 amide bonds. The highest BCUT2D eigenvalue weighted by molar-refractivity contribution is 5.90. The maximum Gasteiger partial charge on any atom is 0.354 e. The van der Waals surface area contributed by atoms with Crippen LogP contribution in [0.25, 0.3) is 22.3 Å². The highest BCUT2D eigenvalue weighted by Gasteiger charge is 2.78. The van der Waals surface area contributed by atoms with Gasteiger partial charge in [0.05, 0.1) is 12.6 Å². The number of carbonyl (C=O) groups is 2. The predicted octanol–water partition coefficient (Wildman–Crippen LogP) is -0.417. The quantitative estimate of drug-likeness (QED) is 0.0333. The summed E-state index contributed by atoms with van der Waals surface area (Å²) in [4.78, 5) is 46.9. The highest BCUT2D eigenvalue weighted by atomic mass is 16.8. The monoisotopic (exact) mass is 1120 g/mol. The molecule has 2 aromatic carbocycles. The summed E-state index contributed by atoms with van der Waals surface area (Å²) in [5, 5.41) is 157. The summed E-state index contributed by atoms with van der Waals surface area (Å²) in [5.41, 5.74) is -8.98. The summed E-state index contributed by atoms with van der Waals surface area (Å²) in [6.45, 7) is 3.42. The second-order valence-electron chi connectivity index (χ2n) is 21.5. The SMILES string of the molecule is CCC1=C(C2C=C3Cc4[nH]ccc4C#CCC4(O)C(O)C(O)C3(Oc3cc5oc(-c6cc(O)c(O)c(CCO)c6)cc(=O)c5c(O)c32)OC42CC#CC3(C(=O)O)OC(CCCO)(OC2=O)C(O)C(O)C3(O)O)C=C2C(C)CCNC2N1. The largest absolute Gasteiger partial charge is 0.507 e. The number of carbonyl (C=O) groups excluding carboxylic acids is 1. The molecular formula is C57H59N3O21. The number of benzene rings is 2. The van der Waals surface area contributed by atoms with Gasteiger partial charge >= 0.3 is 11.9 Å². The molecule has 0 saturated carbocycles. The number of fused-ring (bicyclic) bond motifs is 7. The Bertz CT molecular complexity index is 3600. The Hall–Kier alpha value is -7.27. The zero-order chi connectivity index (χ0) is 57.9. The fourth-order valence-corrected chi connectivity index (χ4v) is 12.4. The molecule has 4 bridgehead atoms. The second-order valence-corrected chi connectivity index (χ2v) is 21.5. The molecule has 2 aromatic heterocycles. The molecule has 12 rings (SSSR count). The van der Waals surface area contributed by atoms with Gasteiger partial charge in [-0.05, 0) is 73.4 Å². The van der Waals surface area contributed by atoms with E-state index in [4.69, 9.17) is 23.4 Å². The van der Waals surface area contributed by atoms with E-state index in [-0.39, 0.29) is 52.9 Å². The first kappa shape index (κ1) is 55.6. The summed E-state index contributed by atoms with van der Waals surface area (Å²) in [6.07, 6.45) is -9.30. The van der Waals surface area contributed by atoms with Crippen LogP contribution < -0.4 is 20.8 Å². The number of carboxylic acid groups (broad SMARTS) is 1. The molecule has 2 spiro atoms. The average molecular weight is 1120 g/mol. The Balaban J connectivity index is 1.23. The summed E-state index contributed by atoms with van der Waals surface area (Å²) < 4.78 is 32.1. The van der Waals surface area contributed by atoms with Gasteiger partial charge in [0.15, 0.2) is 29.1 Å². The number of dihydropyridines is 1. The third kappa shape index (κ3) is 8.12. The number of allylic oxidation sites excluding steroid dienone is 4. The number of ether oxygens (including phenoxy) is 4. The van der Waals surface area contributed by atoms with Gasteiger partial charge in [-0.25, -0.2) is 9.59 Å². The number of aromatic hydroxyl groups is 3. The smallest absolute Gasteiger partial charge is 0.354 e. The number of aromatic nitrogens is 1. The van der Waals surface area contributed by atoms with Crippen LogP contribution in [-0.4, -0.2) is 168 Å². The molecule has 12 atom stereocenters. The van der Waals surface area contributed by atoms with Crippen LogP contribution in [0.5, 0.6) is 23.0 Å². The number of hydrogen-bond donors (Lipinski definition) is 16. The molecule has 16 N–H and O–H groups in total. The normalized spacial score (nSPS) is 33.7. The van der Waals surface area contributed by atoms with Crippen molar-refractivity contribution in [3.05, 3.63) is 104 Å². The molecule has 12 unspecified atom stereocenters. The maximum atomic E-state index is 15.9. The molecule has 4 aromatic rings. The van der Waals surface area contributed by atoms with Gasteiger partial charge in [0.1, 0.15) is 46.0 Å². The van der Waals surface area contributed by atoms with Gasteiger partial charge < -0.3 is 100 Å². The average Bonchev–Trinajstić information content (AvgIpc) is 2.07. The molecule has 81 heavy (non-hydrogen) atoms. The fourth-order valence-electron chi connectivity index (χ4n) is 12.4. The van der Waals surface area contributed by atoms with Gasteiger partial charge in [0.2, 0.25) is 17.2 Å². The topological polar surface area (TPSA) is 404 Å². The van der Waals surface area contributed by atoms with E-state index >= 15 is 4.79 Å². The van der Waals surface area contributed by atoms with Crippen molar-refractivity contribution in [3.8, 4) is 58.0 Å². The van der Waals surface area contributed by atoms with Crippen LogP contribution in [0.15, 0.2) is 80.3 Å². The lowest BCUT2D eigenvalue weighted by Crippen LogP contribution is -2.81. The fraction of sp³-hybridized carbons (Fsp3) is 0.456. The Kier molecular flexibility index (Phi) is 13.5. The summed E-state index contributed by atoms with van der Waals surface area (Å²) in [5.74, 6) is -8.04. The Morgan fingerprint density at radius 3 is 2.41 bits per heavy atom. The molecular weight excluding hydrogens is 1060 g/mol. The van der Waals surface area contributed by atoms with E-state index in [0.717, 1.165) is 24.1 Å². The molecule has 3 fully saturated rings. The van der Waals surface area contributed by atoms with Gasteiger partial charge in [-0.15, -0.1) is 0 Å². The third-order valence-electron chi connectivity index (χ3n) is 16.9.